The van der Waals surface area contributed by atoms with E-state index in [1.807, 2.05) is 4.90 Å². The number of aromatic amines is 1. The summed E-state index contributed by atoms with van der Waals surface area (Å²) >= 11 is 0.926. The number of aromatic hydroxyl groups is 1. The zero-order valence-electron chi connectivity index (χ0n) is 23.1. The Balaban J connectivity index is 1.42. The lowest BCUT2D eigenvalue weighted by atomic mass is 9.96. The number of nitrogen functional groups attached to an aromatic ring is 1. The Morgan fingerprint density at radius 2 is 1.98 bits per heavy atom. The molecule has 19 nitrogen and oxygen atoms in total. The normalized spacial score (nSPS) is 19.6. The number of aliphatic carboxylic acids is 1. The van der Waals surface area contributed by atoms with Crippen molar-refractivity contribution in [1.29, 1.82) is 0 Å². The first-order chi connectivity index (χ1) is 20.5. The molecule has 2 aromatic rings. The molecule has 238 valence electrons. The Labute approximate surface area is 252 Å². The van der Waals surface area contributed by atoms with E-state index in [-0.39, 0.29) is 28.2 Å². The third-order valence-electron chi connectivity index (χ3n) is 6.72. The third-order valence-corrected chi connectivity index (χ3v) is 8.35. The van der Waals surface area contributed by atoms with Crippen LogP contribution in [-0.4, -0.2) is 109 Å². The first-order valence-electron chi connectivity index (χ1n) is 12.7. The number of aromatic nitrogens is 2. The summed E-state index contributed by atoms with van der Waals surface area (Å²) < 4.78 is 33.4. The van der Waals surface area contributed by atoms with Gasteiger partial charge in [-0.3, -0.25) is 28.6 Å². The van der Waals surface area contributed by atoms with Crippen molar-refractivity contribution in [3.63, 3.8) is 0 Å². The standard InChI is InChI=1S/C23H28N8O11S2/c1-23(2,21(37)38)42-29-16(12-9-43-22(24)27-12)19(35)28-17-13(31(20(17)36)44(39,40)41)4-26-18(34)10-6-30(7-10)8-11-3-14(32)15(33)5-25-11/h3,5,9-10,13,17,33H,4,6-8H2,1-2H3,(H2,24,27)(H,25,32)(H,26,34)(H,28,35)(H,37,38)(H,39,40,41)/b29-16-/t13-,17+/m1/s1. The Morgan fingerprint density at radius 3 is 2.55 bits per heavy atom. The number of thiazole rings is 1. The maximum absolute atomic E-state index is 13.2. The summed E-state index contributed by atoms with van der Waals surface area (Å²) in [7, 11) is -5.07. The number of anilines is 1. The highest BCUT2D eigenvalue weighted by molar-refractivity contribution is 7.84. The first-order valence-corrected chi connectivity index (χ1v) is 15.0. The summed E-state index contributed by atoms with van der Waals surface area (Å²) in [4.78, 5) is 75.1. The number of carbonyl (C=O) groups excluding carboxylic acids is 3. The number of amides is 3. The van der Waals surface area contributed by atoms with E-state index in [0.29, 0.717) is 12.2 Å². The van der Waals surface area contributed by atoms with Gasteiger partial charge in [0.25, 0.3) is 11.8 Å². The number of carboxylic acids is 1. The second kappa shape index (κ2) is 12.2. The zero-order chi connectivity index (χ0) is 32.6. The number of pyridine rings is 1. The molecule has 0 aromatic carbocycles. The van der Waals surface area contributed by atoms with Crippen molar-refractivity contribution in [3.8, 4) is 5.75 Å². The van der Waals surface area contributed by atoms with Crippen LogP contribution in [0, 0.1) is 5.92 Å². The number of likely N-dealkylation sites (tertiary alicyclic amines) is 1. The third kappa shape index (κ3) is 6.96. The maximum Gasteiger partial charge on any atom is 0.362 e. The number of nitrogens with one attached hydrogen (secondary N) is 3. The van der Waals surface area contributed by atoms with E-state index in [9.17, 15) is 47.2 Å². The van der Waals surface area contributed by atoms with Crippen LogP contribution in [0.4, 0.5) is 5.13 Å². The number of nitrogens with zero attached hydrogens (tertiary/aromatic N) is 4. The second-order valence-corrected chi connectivity index (χ2v) is 12.6. The molecule has 0 saturated carbocycles. The molecule has 0 spiro atoms. The highest BCUT2D eigenvalue weighted by Gasteiger charge is 2.54. The van der Waals surface area contributed by atoms with E-state index in [2.05, 4.69) is 25.8 Å². The van der Waals surface area contributed by atoms with Gasteiger partial charge in [0.15, 0.2) is 16.6 Å². The summed E-state index contributed by atoms with van der Waals surface area (Å²) in [6.07, 6.45) is 1.16. The predicted molar refractivity (Wildman–Crippen MR) is 150 cm³/mol. The van der Waals surface area contributed by atoms with Gasteiger partial charge in [0.1, 0.15) is 11.7 Å². The number of carboxylic acid groups (broad SMARTS) is 1. The van der Waals surface area contributed by atoms with Crippen LogP contribution >= 0.6 is 11.3 Å². The Morgan fingerprint density at radius 1 is 1.30 bits per heavy atom. The lowest BCUT2D eigenvalue weighted by Gasteiger charge is -2.44. The van der Waals surface area contributed by atoms with Crippen molar-refractivity contribution in [3.05, 3.63) is 39.3 Å². The molecule has 44 heavy (non-hydrogen) atoms. The van der Waals surface area contributed by atoms with Gasteiger partial charge >= 0.3 is 16.3 Å². The van der Waals surface area contributed by atoms with Crippen LogP contribution in [0.25, 0.3) is 0 Å². The fraction of sp³-hybridized carbons (Fsp3) is 0.435. The largest absolute Gasteiger partial charge is 0.503 e. The van der Waals surface area contributed by atoms with Crippen LogP contribution in [0.2, 0.25) is 0 Å². The van der Waals surface area contributed by atoms with Gasteiger partial charge in [-0.2, -0.15) is 8.42 Å². The smallest absolute Gasteiger partial charge is 0.362 e. The van der Waals surface area contributed by atoms with E-state index in [4.69, 9.17) is 10.6 Å². The molecule has 3 amide bonds. The molecule has 2 fully saturated rings. The fourth-order valence-electron chi connectivity index (χ4n) is 4.22. The maximum atomic E-state index is 13.2. The minimum atomic E-state index is -5.07. The lowest BCUT2D eigenvalue weighted by molar-refractivity contribution is -0.161. The molecule has 2 aromatic heterocycles. The van der Waals surface area contributed by atoms with E-state index in [0.717, 1.165) is 31.4 Å². The quantitative estimate of drug-likeness (QED) is 0.0536. The van der Waals surface area contributed by atoms with Crippen LogP contribution in [0.3, 0.4) is 0 Å². The molecule has 2 aliphatic rings. The monoisotopic (exact) mass is 656 g/mol. The molecule has 2 saturated heterocycles. The summed E-state index contributed by atoms with van der Waals surface area (Å²) in [6, 6.07) is -1.75. The van der Waals surface area contributed by atoms with Gasteiger partial charge in [0.2, 0.25) is 16.9 Å². The number of H-pyrrole nitrogens is 1. The number of β-lactam (4-membered cyclic amide) rings is 1. The van der Waals surface area contributed by atoms with Gasteiger partial charge in [-0.15, -0.1) is 11.3 Å². The molecule has 0 unspecified atom stereocenters. The highest BCUT2D eigenvalue weighted by atomic mass is 32.2. The topological polar surface area (TPSA) is 287 Å². The van der Waals surface area contributed by atoms with Crippen molar-refractivity contribution in [2.45, 2.75) is 38.1 Å². The SMILES string of the molecule is CC(C)(O/N=C(\C(=O)N[C@@H]1C(=O)N(S(=O)(=O)O)[C@@H]1CNC(=O)C1CN(Cc2cc(=O)c(O)c[nH]2)C1)c1csc(N)n1)C(=O)O. The highest BCUT2D eigenvalue weighted by Crippen LogP contribution is 2.25. The average Bonchev–Trinajstić information content (AvgIpc) is 3.33. The molecule has 2 aliphatic heterocycles. The fourth-order valence-corrected chi connectivity index (χ4v) is 5.65. The summed E-state index contributed by atoms with van der Waals surface area (Å²) in [5, 5.41) is 28.4. The first kappa shape index (κ1) is 32.3. The van der Waals surface area contributed by atoms with Crippen molar-refractivity contribution >= 4 is 56.2 Å². The predicted octanol–water partition coefficient (Wildman–Crippen LogP) is -2.55. The second-order valence-electron chi connectivity index (χ2n) is 10.4. The van der Waals surface area contributed by atoms with Gasteiger partial charge in [-0.25, -0.2) is 14.1 Å². The molecular formula is C23H28N8O11S2. The van der Waals surface area contributed by atoms with Crippen LogP contribution in [0.5, 0.6) is 5.75 Å². The van der Waals surface area contributed by atoms with Crippen LogP contribution < -0.4 is 21.8 Å². The zero-order valence-corrected chi connectivity index (χ0v) is 24.7. The van der Waals surface area contributed by atoms with E-state index < -0.39 is 81.0 Å². The Bertz CT molecular complexity index is 1680. The van der Waals surface area contributed by atoms with E-state index >= 15 is 0 Å². The lowest BCUT2D eigenvalue weighted by Crippen LogP contribution is -2.74. The van der Waals surface area contributed by atoms with Crippen molar-refractivity contribution in [2.24, 2.45) is 11.1 Å². The van der Waals surface area contributed by atoms with Gasteiger partial charge in [0.05, 0.1) is 12.0 Å². The molecular weight excluding hydrogens is 628 g/mol. The van der Waals surface area contributed by atoms with E-state index in [1.54, 1.807) is 0 Å². The molecule has 0 radical (unpaired) electrons. The number of carbonyl (C=O) groups is 4. The number of rotatable bonds is 12. The van der Waals surface area contributed by atoms with Crippen molar-refractivity contribution < 1.29 is 47.2 Å². The summed E-state index contributed by atoms with van der Waals surface area (Å²) in [6.45, 7) is 2.71. The Hall–Kier alpha value is -4.60. The molecule has 2 atom stereocenters. The molecule has 4 heterocycles. The molecule has 8 N–H and O–H groups in total. The van der Waals surface area contributed by atoms with Crippen LogP contribution in [0.1, 0.15) is 25.2 Å². The molecule has 4 rings (SSSR count). The van der Waals surface area contributed by atoms with Gasteiger partial charge < -0.3 is 36.4 Å². The number of nitrogens with two attached hydrogens (primary N) is 1. The minimum Gasteiger partial charge on any atom is -0.503 e. The van der Waals surface area contributed by atoms with Gasteiger partial charge in [-0.1, -0.05) is 5.16 Å². The van der Waals surface area contributed by atoms with Crippen LogP contribution in [-0.2, 0) is 40.9 Å². The van der Waals surface area contributed by atoms with Crippen LogP contribution in [0.15, 0.2) is 27.6 Å². The van der Waals surface area contributed by atoms with Gasteiger partial charge in [0, 0.05) is 49.5 Å². The molecule has 21 heteroatoms. The van der Waals surface area contributed by atoms with Crippen molar-refractivity contribution in [2.75, 3.05) is 25.4 Å². The average molecular weight is 657 g/mol. The number of hydrogen-bond acceptors (Lipinski definition) is 14. The minimum absolute atomic E-state index is 0.0294. The Kier molecular flexibility index (Phi) is 8.95. The summed E-state index contributed by atoms with van der Waals surface area (Å²) in [5.41, 5.74) is 3.02. The number of oxime groups is 1. The number of hydrogen-bond donors (Lipinski definition) is 7. The van der Waals surface area contributed by atoms with E-state index in [1.165, 1.54) is 11.4 Å². The van der Waals surface area contributed by atoms with Crippen molar-refractivity contribution in [1.82, 2.24) is 29.8 Å². The van der Waals surface area contributed by atoms with Gasteiger partial charge in [-0.05, 0) is 13.8 Å². The molecule has 0 bridgehead atoms. The molecule has 0 aliphatic carbocycles. The summed E-state index contributed by atoms with van der Waals surface area (Å²) in [5.74, 6) is -5.17.